The van der Waals surface area contributed by atoms with Crippen LogP contribution in [0.5, 0.6) is 11.5 Å². The van der Waals surface area contributed by atoms with Crippen LogP contribution in [0.15, 0.2) is 30.6 Å². The van der Waals surface area contributed by atoms with Crippen molar-refractivity contribution in [2.24, 2.45) is 5.73 Å². The number of carbonyl (C=O) groups is 1. The SMILES string of the molecule is COc1cc(OC)cc(-c2nccn2CC(N)=O)c1. The zero-order valence-electron chi connectivity index (χ0n) is 10.8. The van der Waals surface area contributed by atoms with Gasteiger partial charge in [-0.1, -0.05) is 0 Å². The summed E-state index contributed by atoms with van der Waals surface area (Å²) in [6.45, 7) is 0.0782. The number of rotatable bonds is 5. The van der Waals surface area contributed by atoms with Crippen molar-refractivity contribution in [1.82, 2.24) is 9.55 Å². The van der Waals surface area contributed by atoms with E-state index in [9.17, 15) is 4.79 Å². The fourth-order valence-corrected chi connectivity index (χ4v) is 1.80. The number of imidazole rings is 1. The summed E-state index contributed by atoms with van der Waals surface area (Å²) >= 11 is 0. The lowest BCUT2D eigenvalue weighted by Gasteiger charge is -2.09. The third-order valence-electron chi connectivity index (χ3n) is 2.65. The van der Waals surface area contributed by atoms with Crippen molar-refractivity contribution in [1.29, 1.82) is 0 Å². The molecule has 1 amide bonds. The summed E-state index contributed by atoms with van der Waals surface area (Å²) in [6, 6.07) is 5.41. The number of hydrogen-bond donors (Lipinski definition) is 1. The van der Waals surface area contributed by atoms with Gasteiger partial charge in [0.05, 0.1) is 14.2 Å². The van der Waals surface area contributed by atoms with Crippen LogP contribution in [-0.2, 0) is 11.3 Å². The second kappa shape index (κ2) is 5.43. The van der Waals surface area contributed by atoms with E-state index < -0.39 is 5.91 Å². The number of nitrogens with zero attached hydrogens (tertiary/aromatic N) is 2. The zero-order valence-corrected chi connectivity index (χ0v) is 10.8. The van der Waals surface area contributed by atoms with E-state index in [4.69, 9.17) is 15.2 Å². The Hall–Kier alpha value is -2.50. The van der Waals surface area contributed by atoms with Gasteiger partial charge in [-0.05, 0) is 12.1 Å². The molecule has 1 heterocycles. The van der Waals surface area contributed by atoms with Gasteiger partial charge >= 0.3 is 0 Å². The van der Waals surface area contributed by atoms with Gasteiger partial charge in [-0.25, -0.2) is 4.98 Å². The molecule has 2 rings (SSSR count). The number of primary amides is 1. The number of nitrogens with two attached hydrogens (primary N) is 1. The van der Waals surface area contributed by atoms with Crippen LogP contribution in [0.2, 0.25) is 0 Å². The van der Waals surface area contributed by atoms with Crippen molar-refractivity contribution in [2.75, 3.05) is 14.2 Å². The van der Waals surface area contributed by atoms with Crippen LogP contribution < -0.4 is 15.2 Å². The third kappa shape index (κ3) is 2.85. The monoisotopic (exact) mass is 261 g/mol. The Morgan fingerprint density at radius 2 is 1.89 bits per heavy atom. The van der Waals surface area contributed by atoms with Crippen molar-refractivity contribution in [3.63, 3.8) is 0 Å². The first kappa shape index (κ1) is 12.9. The molecular weight excluding hydrogens is 246 g/mol. The predicted octanol–water partition coefficient (Wildman–Crippen LogP) is 1.05. The molecule has 100 valence electrons. The summed E-state index contributed by atoms with van der Waals surface area (Å²) < 4.78 is 12.1. The van der Waals surface area contributed by atoms with Gasteiger partial charge in [0.2, 0.25) is 5.91 Å². The summed E-state index contributed by atoms with van der Waals surface area (Å²) in [5, 5.41) is 0. The summed E-state index contributed by atoms with van der Waals surface area (Å²) in [5.74, 6) is 1.52. The fraction of sp³-hybridized carbons (Fsp3) is 0.231. The van der Waals surface area contributed by atoms with Crippen LogP contribution in [-0.4, -0.2) is 29.7 Å². The molecule has 0 fully saturated rings. The lowest BCUT2D eigenvalue weighted by Crippen LogP contribution is -2.18. The van der Waals surface area contributed by atoms with E-state index in [1.165, 1.54) is 0 Å². The minimum Gasteiger partial charge on any atom is -0.497 e. The average Bonchev–Trinajstić information content (AvgIpc) is 2.85. The largest absolute Gasteiger partial charge is 0.497 e. The minimum absolute atomic E-state index is 0.0782. The van der Waals surface area contributed by atoms with Gasteiger partial charge in [0.15, 0.2) is 0 Å². The Bertz CT molecular complexity index is 570. The summed E-state index contributed by atoms with van der Waals surface area (Å²) in [7, 11) is 3.16. The first-order valence-corrected chi connectivity index (χ1v) is 5.67. The molecule has 0 radical (unpaired) electrons. The molecule has 6 nitrogen and oxygen atoms in total. The molecule has 0 aliphatic heterocycles. The minimum atomic E-state index is -0.422. The number of methoxy groups -OCH3 is 2. The van der Waals surface area contributed by atoms with E-state index in [2.05, 4.69) is 4.98 Å². The van der Waals surface area contributed by atoms with Crippen LogP contribution in [0.3, 0.4) is 0 Å². The highest BCUT2D eigenvalue weighted by Gasteiger charge is 2.10. The van der Waals surface area contributed by atoms with Crippen molar-refractivity contribution >= 4 is 5.91 Å². The molecule has 0 bridgehead atoms. The van der Waals surface area contributed by atoms with Gasteiger partial charge < -0.3 is 19.8 Å². The molecule has 0 aliphatic rings. The third-order valence-corrected chi connectivity index (χ3v) is 2.65. The maximum Gasteiger partial charge on any atom is 0.237 e. The van der Waals surface area contributed by atoms with E-state index in [-0.39, 0.29) is 6.54 Å². The maximum atomic E-state index is 11.0. The number of aromatic nitrogens is 2. The van der Waals surface area contributed by atoms with Crippen LogP contribution >= 0.6 is 0 Å². The number of ether oxygens (including phenoxy) is 2. The Balaban J connectivity index is 2.46. The predicted molar refractivity (Wildman–Crippen MR) is 70.0 cm³/mol. The van der Waals surface area contributed by atoms with E-state index >= 15 is 0 Å². The van der Waals surface area contributed by atoms with Gasteiger partial charge in [0.1, 0.15) is 23.9 Å². The Kier molecular flexibility index (Phi) is 3.70. The first-order valence-electron chi connectivity index (χ1n) is 5.67. The zero-order chi connectivity index (χ0) is 13.8. The van der Waals surface area contributed by atoms with Gasteiger partial charge in [0.25, 0.3) is 0 Å². The molecule has 0 aliphatic carbocycles. The van der Waals surface area contributed by atoms with E-state index in [1.807, 2.05) is 12.1 Å². The maximum absolute atomic E-state index is 11.0. The van der Waals surface area contributed by atoms with E-state index in [1.54, 1.807) is 37.2 Å². The second-order valence-corrected chi connectivity index (χ2v) is 3.95. The fourth-order valence-electron chi connectivity index (χ4n) is 1.80. The van der Waals surface area contributed by atoms with E-state index in [0.29, 0.717) is 17.3 Å². The highest BCUT2D eigenvalue weighted by molar-refractivity contribution is 5.74. The Morgan fingerprint density at radius 1 is 1.26 bits per heavy atom. The van der Waals surface area contributed by atoms with Crippen molar-refractivity contribution < 1.29 is 14.3 Å². The molecule has 1 aromatic heterocycles. The lowest BCUT2D eigenvalue weighted by atomic mass is 10.2. The van der Waals surface area contributed by atoms with Crippen molar-refractivity contribution in [3.8, 4) is 22.9 Å². The summed E-state index contributed by atoms with van der Waals surface area (Å²) in [4.78, 5) is 15.3. The molecule has 0 unspecified atom stereocenters. The normalized spacial score (nSPS) is 10.2. The van der Waals surface area contributed by atoms with Crippen molar-refractivity contribution in [3.05, 3.63) is 30.6 Å². The number of carbonyl (C=O) groups excluding carboxylic acids is 1. The molecule has 0 saturated carbocycles. The smallest absolute Gasteiger partial charge is 0.237 e. The lowest BCUT2D eigenvalue weighted by molar-refractivity contribution is -0.118. The molecule has 6 heteroatoms. The molecule has 1 aromatic carbocycles. The van der Waals surface area contributed by atoms with Crippen molar-refractivity contribution in [2.45, 2.75) is 6.54 Å². The number of hydrogen-bond acceptors (Lipinski definition) is 4. The summed E-state index contributed by atoms with van der Waals surface area (Å²) in [5.41, 5.74) is 6.00. The standard InChI is InChI=1S/C13H15N3O3/c1-18-10-5-9(6-11(7-10)19-2)13-15-3-4-16(13)8-12(14)17/h3-7H,8H2,1-2H3,(H2,14,17). The molecule has 0 saturated heterocycles. The number of benzene rings is 1. The summed E-state index contributed by atoms with van der Waals surface area (Å²) in [6.07, 6.45) is 3.32. The number of amides is 1. The van der Waals surface area contributed by atoms with Crippen LogP contribution in [0.25, 0.3) is 11.4 Å². The van der Waals surface area contributed by atoms with Crippen LogP contribution in [0.4, 0.5) is 0 Å². The molecule has 19 heavy (non-hydrogen) atoms. The molecule has 0 atom stereocenters. The second-order valence-electron chi connectivity index (χ2n) is 3.95. The quantitative estimate of drug-likeness (QED) is 0.872. The molecule has 2 aromatic rings. The Morgan fingerprint density at radius 3 is 2.42 bits per heavy atom. The van der Waals surface area contributed by atoms with Gasteiger partial charge in [0, 0.05) is 24.0 Å². The van der Waals surface area contributed by atoms with Crippen LogP contribution in [0.1, 0.15) is 0 Å². The highest BCUT2D eigenvalue weighted by atomic mass is 16.5. The van der Waals surface area contributed by atoms with Gasteiger partial charge in [-0.15, -0.1) is 0 Å². The van der Waals surface area contributed by atoms with Crippen LogP contribution in [0, 0.1) is 0 Å². The molecular formula is C13H15N3O3. The topological polar surface area (TPSA) is 79.4 Å². The first-order chi connectivity index (χ1) is 9.13. The highest BCUT2D eigenvalue weighted by Crippen LogP contribution is 2.28. The molecule has 0 spiro atoms. The Labute approximate surface area is 110 Å². The average molecular weight is 261 g/mol. The van der Waals surface area contributed by atoms with Gasteiger partial charge in [-0.3, -0.25) is 4.79 Å². The van der Waals surface area contributed by atoms with E-state index in [0.717, 1.165) is 5.56 Å². The molecule has 2 N–H and O–H groups in total. The van der Waals surface area contributed by atoms with Gasteiger partial charge in [-0.2, -0.15) is 0 Å².